The molecule has 0 saturated carbocycles. The number of carboxylic acids is 1. The van der Waals surface area contributed by atoms with Crippen LogP contribution in [0.15, 0.2) is 57.9 Å². The fourth-order valence-corrected chi connectivity index (χ4v) is 4.43. The summed E-state index contributed by atoms with van der Waals surface area (Å²) in [6.07, 6.45) is -0.457. The number of hydrogen-bond acceptors (Lipinski definition) is 5. The van der Waals surface area contributed by atoms with E-state index in [9.17, 15) is 23.3 Å². The quantitative estimate of drug-likeness (QED) is 0.534. The van der Waals surface area contributed by atoms with Gasteiger partial charge in [0.2, 0.25) is 0 Å². The number of sulfonamides is 1. The third-order valence-electron chi connectivity index (χ3n) is 3.28. The number of nitro benzene ring substituents is 1. The van der Waals surface area contributed by atoms with E-state index in [4.69, 9.17) is 5.11 Å². The van der Waals surface area contributed by atoms with Gasteiger partial charge in [-0.15, -0.1) is 0 Å². The molecule has 0 aliphatic rings. The van der Waals surface area contributed by atoms with Gasteiger partial charge < -0.3 is 5.11 Å². The van der Waals surface area contributed by atoms with Crippen molar-refractivity contribution in [3.05, 3.63) is 63.1 Å². The number of rotatable bonds is 7. The van der Waals surface area contributed by atoms with Gasteiger partial charge in [-0.3, -0.25) is 19.2 Å². The second kappa shape index (κ2) is 7.62. The molecule has 0 atom stereocenters. The number of nitro groups is 1. The molecule has 10 heteroatoms. The maximum atomic E-state index is 13.0. The van der Waals surface area contributed by atoms with E-state index in [0.29, 0.717) is 4.47 Å². The van der Waals surface area contributed by atoms with E-state index >= 15 is 0 Å². The molecule has 0 saturated heterocycles. The van der Waals surface area contributed by atoms with Gasteiger partial charge in [0.15, 0.2) is 4.90 Å². The summed E-state index contributed by atoms with van der Waals surface area (Å²) in [7, 11) is -4.35. The molecule has 2 rings (SSSR count). The topological polar surface area (TPSA) is 118 Å². The van der Waals surface area contributed by atoms with Gasteiger partial charge in [-0.2, -0.15) is 0 Å². The summed E-state index contributed by atoms with van der Waals surface area (Å²) in [5.41, 5.74) is -0.378. The first kappa shape index (κ1) is 18.9. The minimum absolute atomic E-state index is 0.196. The van der Waals surface area contributed by atoms with Crippen molar-refractivity contribution in [3.63, 3.8) is 0 Å². The lowest BCUT2D eigenvalue weighted by molar-refractivity contribution is -0.387. The van der Waals surface area contributed by atoms with Gasteiger partial charge in [-0.05, 0) is 34.1 Å². The molecule has 2 aromatic carbocycles. The van der Waals surface area contributed by atoms with Crippen molar-refractivity contribution < 1.29 is 23.2 Å². The summed E-state index contributed by atoms with van der Waals surface area (Å²) < 4.78 is 27.3. The van der Waals surface area contributed by atoms with Crippen LogP contribution in [0.25, 0.3) is 0 Å². The zero-order valence-corrected chi connectivity index (χ0v) is 15.1. The number of anilines is 1. The average Bonchev–Trinajstić information content (AvgIpc) is 2.56. The normalized spacial score (nSPS) is 11.1. The minimum atomic E-state index is -4.35. The standard InChI is InChI=1S/C15H13BrN2O6S/c16-11-5-1-2-6-12(11)17(10-9-15(19)20)25(23,24)14-8-4-3-7-13(14)18(21)22/h1-8H,9-10H2,(H,19,20). The second-order valence-electron chi connectivity index (χ2n) is 4.90. The van der Waals surface area contributed by atoms with E-state index in [1.807, 2.05) is 0 Å². The molecule has 0 heterocycles. The van der Waals surface area contributed by atoms with E-state index in [-0.39, 0.29) is 12.2 Å². The van der Waals surface area contributed by atoms with E-state index in [2.05, 4.69) is 15.9 Å². The molecule has 1 N–H and O–H groups in total. The Labute approximate surface area is 152 Å². The minimum Gasteiger partial charge on any atom is -0.481 e. The molecule has 0 unspecified atom stereocenters. The van der Waals surface area contributed by atoms with Gasteiger partial charge in [0.1, 0.15) is 0 Å². The van der Waals surface area contributed by atoms with Crippen molar-refractivity contribution in [1.82, 2.24) is 0 Å². The number of nitrogens with zero attached hydrogens (tertiary/aromatic N) is 2. The van der Waals surface area contributed by atoms with Crippen molar-refractivity contribution in [2.45, 2.75) is 11.3 Å². The van der Waals surface area contributed by atoms with Crippen LogP contribution in [-0.2, 0) is 14.8 Å². The molecule has 0 aliphatic heterocycles. The van der Waals surface area contributed by atoms with Crippen molar-refractivity contribution >= 4 is 43.3 Å². The molecule has 132 valence electrons. The van der Waals surface area contributed by atoms with E-state index in [1.54, 1.807) is 18.2 Å². The molecule has 0 bridgehead atoms. The van der Waals surface area contributed by atoms with Crippen LogP contribution in [0, 0.1) is 10.1 Å². The summed E-state index contributed by atoms with van der Waals surface area (Å²) in [6, 6.07) is 11.3. The zero-order valence-electron chi connectivity index (χ0n) is 12.7. The van der Waals surface area contributed by atoms with Gasteiger partial charge in [0, 0.05) is 17.1 Å². The molecular formula is C15H13BrN2O6S. The Kier molecular flexibility index (Phi) is 5.75. The monoisotopic (exact) mass is 428 g/mol. The van der Waals surface area contributed by atoms with Crippen LogP contribution in [0.5, 0.6) is 0 Å². The molecule has 0 spiro atoms. The van der Waals surface area contributed by atoms with Crippen LogP contribution in [0.3, 0.4) is 0 Å². The first-order chi connectivity index (χ1) is 11.7. The Morgan fingerprint density at radius 3 is 2.36 bits per heavy atom. The number of hydrogen-bond donors (Lipinski definition) is 1. The van der Waals surface area contributed by atoms with Crippen molar-refractivity contribution in [2.75, 3.05) is 10.8 Å². The first-order valence-corrected chi connectivity index (χ1v) is 9.21. The van der Waals surface area contributed by atoms with Crippen molar-refractivity contribution in [2.24, 2.45) is 0 Å². The fraction of sp³-hybridized carbons (Fsp3) is 0.133. The molecule has 0 aromatic heterocycles. The summed E-state index contributed by atoms with van der Waals surface area (Å²) in [6.45, 7) is -0.369. The Hall–Kier alpha value is -2.46. The van der Waals surface area contributed by atoms with Gasteiger partial charge in [0.25, 0.3) is 15.7 Å². The highest BCUT2D eigenvalue weighted by Gasteiger charge is 2.32. The van der Waals surface area contributed by atoms with Crippen molar-refractivity contribution in [1.29, 1.82) is 0 Å². The van der Waals surface area contributed by atoms with Gasteiger partial charge in [-0.25, -0.2) is 8.42 Å². The lowest BCUT2D eigenvalue weighted by Crippen LogP contribution is -2.33. The SMILES string of the molecule is O=C(O)CCN(c1ccccc1Br)S(=O)(=O)c1ccccc1[N+](=O)[O-]. The van der Waals surface area contributed by atoms with Crippen LogP contribution < -0.4 is 4.31 Å². The number of carboxylic acid groups (broad SMARTS) is 1. The number of benzene rings is 2. The molecule has 25 heavy (non-hydrogen) atoms. The highest BCUT2D eigenvalue weighted by Crippen LogP contribution is 2.33. The van der Waals surface area contributed by atoms with Crippen LogP contribution in [0.4, 0.5) is 11.4 Å². The highest BCUT2D eigenvalue weighted by molar-refractivity contribution is 9.10. The number of aliphatic carboxylic acids is 1. The maximum absolute atomic E-state index is 13.0. The van der Waals surface area contributed by atoms with Crippen molar-refractivity contribution in [3.8, 4) is 0 Å². The zero-order chi connectivity index (χ0) is 18.6. The van der Waals surface area contributed by atoms with E-state index < -0.39 is 37.9 Å². The van der Waals surface area contributed by atoms with Gasteiger partial charge >= 0.3 is 5.97 Å². The van der Waals surface area contributed by atoms with Gasteiger partial charge in [-0.1, -0.05) is 24.3 Å². The molecule has 0 aliphatic carbocycles. The van der Waals surface area contributed by atoms with Crippen LogP contribution in [0.2, 0.25) is 0 Å². The Morgan fingerprint density at radius 1 is 1.16 bits per heavy atom. The van der Waals surface area contributed by atoms with Crippen LogP contribution in [0.1, 0.15) is 6.42 Å². The lowest BCUT2D eigenvalue weighted by Gasteiger charge is -2.24. The maximum Gasteiger partial charge on any atom is 0.305 e. The Morgan fingerprint density at radius 2 is 1.76 bits per heavy atom. The summed E-state index contributed by atoms with van der Waals surface area (Å²) in [5, 5.41) is 20.1. The van der Waals surface area contributed by atoms with Crippen LogP contribution >= 0.6 is 15.9 Å². The highest BCUT2D eigenvalue weighted by atomic mass is 79.9. The Bertz CT molecular complexity index is 916. The largest absolute Gasteiger partial charge is 0.481 e. The van der Waals surface area contributed by atoms with Gasteiger partial charge in [0.05, 0.1) is 17.0 Å². The first-order valence-electron chi connectivity index (χ1n) is 6.97. The lowest BCUT2D eigenvalue weighted by atomic mass is 10.3. The number of halogens is 1. The predicted octanol–water partition coefficient (Wildman–Crippen LogP) is 3.03. The average molecular weight is 429 g/mol. The predicted molar refractivity (Wildman–Crippen MR) is 94.0 cm³/mol. The Balaban J connectivity index is 2.62. The summed E-state index contributed by atoms with van der Waals surface area (Å²) in [4.78, 5) is 20.8. The molecule has 2 aromatic rings. The number of para-hydroxylation sites is 2. The molecule has 0 radical (unpaired) electrons. The van der Waals surface area contributed by atoms with E-state index in [1.165, 1.54) is 18.2 Å². The van der Waals surface area contributed by atoms with Crippen LogP contribution in [-0.4, -0.2) is 31.0 Å². The van der Waals surface area contributed by atoms with E-state index in [0.717, 1.165) is 16.4 Å². The third kappa shape index (κ3) is 4.15. The molecular weight excluding hydrogens is 416 g/mol. The molecule has 8 nitrogen and oxygen atoms in total. The third-order valence-corrected chi connectivity index (χ3v) is 5.81. The second-order valence-corrected chi connectivity index (χ2v) is 7.58. The molecule has 0 amide bonds. The fourth-order valence-electron chi connectivity index (χ4n) is 2.17. The summed E-state index contributed by atoms with van der Waals surface area (Å²) in [5.74, 6) is -1.19. The molecule has 0 fully saturated rings. The summed E-state index contributed by atoms with van der Waals surface area (Å²) >= 11 is 3.23. The smallest absolute Gasteiger partial charge is 0.305 e. The number of carbonyl (C=O) groups is 1.